The SMILES string of the molecule is Cc1ccc(-c2ccc3c(c2)C(=O)C(C(=O)NCC(=O)O)C(=O)C3(C)C)c(F)n1. The van der Waals surface area contributed by atoms with Crippen LogP contribution in [0.1, 0.15) is 35.5 Å². The summed E-state index contributed by atoms with van der Waals surface area (Å²) in [4.78, 5) is 52.7. The number of fused-ring (bicyclic) bond motifs is 1. The van der Waals surface area contributed by atoms with Crippen LogP contribution >= 0.6 is 0 Å². The predicted octanol–water partition coefficient (Wildman–Crippen LogP) is 2.06. The molecule has 1 aliphatic carbocycles. The summed E-state index contributed by atoms with van der Waals surface area (Å²) in [6.45, 7) is 4.12. The summed E-state index contributed by atoms with van der Waals surface area (Å²) in [6.07, 6.45) is 0. The first-order chi connectivity index (χ1) is 13.5. The number of carboxylic acids is 1. The van der Waals surface area contributed by atoms with Crippen LogP contribution in [0, 0.1) is 18.8 Å². The molecule has 29 heavy (non-hydrogen) atoms. The van der Waals surface area contributed by atoms with Gasteiger partial charge in [0.25, 0.3) is 0 Å². The first-order valence-electron chi connectivity index (χ1n) is 8.90. The average molecular weight is 398 g/mol. The van der Waals surface area contributed by atoms with Crippen molar-refractivity contribution in [2.75, 3.05) is 6.54 Å². The molecule has 2 N–H and O–H groups in total. The maximum Gasteiger partial charge on any atom is 0.322 e. The Hall–Kier alpha value is -3.42. The second-order valence-electron chi connectivity index (χ2n) is 7.45. The molecule has 2 aromatic rings. The maximum atomic E-state index is 14.3. The lowest BCUT2D eigenvalue weighted by Gasteiger charge is -2.34. The Bertz CT molecular complexity index is 1060. The van der Waals surface area contributed by atoms with Crippen molar-refractivity contribution in [1.29, 1.82) is 0 Å². The lowest BCUT2D eigenvalue weighted by Crippen LogP contribution is -2.51. The third kappa shape index (κ3) is 3.53. The Balaban J connectivity index is 2.09. The lowest BCUT2D eigenvalue weighted by atomic mass is 9.66. The Morgan fingerprint density at radius 3 is 2.48 bits per heavy atom. The van der Waals surface area contributed by atoms with Crippen molar-refractivity contribution in [3.63, 3.8) is 0 Å². The molecule has 1 aromatic carbocycles. The Labute approximate surface area is 166 Å². The van der Waals surface area contributed by atoms with E-state index in [0.29, 0.717) is 16.8 Å². The zero-order chi connectivity index (χ0) is 21.5. The number of carbonyl (C=O) groups excluding carboxylic acids is 3. The summed E-state index contributed by atoms with van der Waals surface area (Å²) in [5.74, 6) is -5.97. The Kier molecular flexibility index (Phi) is 5.04. The first-order valence-corrected chi connectivity index (χ1v) is 8.90. The maximum absolute atomic E-state index is 14.3. The minimum Gasteiger partial charge on any atom is -0.480 e. The molecule has 1 amide bonds. The van der Waals surface area contributed by atoms with E-state index in [-0.39, 0.29) is 11.1 Å². The second kappa shape index (κ2) is 7.20. The van der Waals surface area contributed by atoms with Gasteiger partial charge in [-0.3, -0.25) is 19.2 Å². The highest BCUT2D eigenvalue weighted by molar-refractivity contribution is 6.29. The van der Waals surface area contributed by atoms with Crippen LogP contribution in [0.2, 0.25) is 0 Å². The number of nitrogens with zero attached hydrogens (tertiary/aromatic N) is 1. The van der Waals surface area contributed by atoms with Crippen molar-refractivity contribution in [2.24, 2.45) is 5.92 Å². The van der Waals surface area contributed by atoms with Crippen LogP contribution in [-0.4, -0.2) is 40.1 Å². The molecule has 7 nitrogen and oxygen atoms in total. The molecule has 0 fully saturated rings. The van der Waals surface area contributed by atoms with Crippen molar-refractivity contribution >= 4 is 23.4 Å². The summed E-state index contributed by atoms with van der Waals surface area (Å²) < 4.78 is 14.3. The van der Waals surface area contributed by atoms with E-state index in [1.165, 1.54) is 6.07 Å². The van der Waals surface area contributed by atoms with E-state index in [1.807, 2.05) is 0 Å². The van der Waals surface area contributed by atoms with E-state index in [0.717, 1.165) is 0 Å². The van der Waals surface area contributed by atoms with Crippen LogP contribution in [0.15, 0.2) is 30.3 Å². The molecule has 8 heteroatoms. The largest absolute Gasteiger partial charge is 0.480 e. The zero-order valence-electron chi connectivity index (χ0n) is 16.1. The van der Waals surface area contributed by atoms with Gasteiger partial charge in [-0.1, -0.05) is 12.1 Å². The summed E-state index contributed by atoms with van der Waals surface area (Å²) in [7, 11) is 0. The molecule has 0 aliphatic heterocycles. The molecule has 150 valence electrons. The average Bonchev–Trinajstić information content (AvgIpc) is 2.65. The summed E-state index contributed by atoms with van der Waals surface area (Å²) in [5, 5.41) is 10.8. The van der Waals surface area contributed by atoms with Gasteiger partial charge in [-0.25, -0.2) is 4.98 Å². The number of carboxylic acid groups (broad SMARTS) is 1. The third-order valence-electron chi connectivity index (χ3n) is 5.07. The van der Waals surface area contributed by atoms with Gasteiger partial charge in [-0.2, -0.15) is 4.39 Å². The number of carbonyl (C=O) groups is 4. The normalized spacial score (nSPS) is 17.6. The van der Waals surface area contributed by atoms with E-state index in [1.54, 1.807) is 45.0 Å². The molecule has 0 saturated heterocycles. The highest BCUT2D eigenvalue weighted by Gasteiger charge is 2.49. The lowest BCUT2D eigenvalue weighted by molar-refractivity contribution is -0.140. The van der Waals surface area contributed by atoms with Gasteiger partial charge in [0.2, 0.25) is 11.9 Å². The molecule has 1 atom stereocenters. The van der Waals surface area contributed by atoms with Gasteiger partial charge >= 0.3 is 5.97 Å². The number of ketones is 2. The molecule has 0 radical (unpaired) electrons. The van der Waals surface area contributed by atoms with Gasteiger partial charge in [0.05, 0.1) is 5.41 Å². The zero-order valence-corrected chi connectivity index (χ0v) is 16.1. The summed E-state index contributed by atoms with van der Waals surface area (Å²) >= 11 is 0. The standard InChI is InChI=1S/C21H19FN2O5/c1-10-4-6-12(19(22)24-10)11-5-7-14-13(8-11)17(27)16(18(28)21(14,2)3)20(29)23-9-15(25)26/h4-8,16H,9H2,1-3H3,(H,23,29)(H,25,26). The van der Waals surface area contributed by atoms with Crippen LogP contribution < -0.4 is 5.32 Å². The molecule has 1 heterocycles. The number of pyridine rings is 1. The molecule has 1 aromatic heterocycles. The fourth-order valence-electron chi connectivity index (χ4n) is 3.47. The van der Waals surface area contributed by atoms with Gasteiger partial charge in [0.1, 0.15) is 6.54 Å². The van der Waals surface area contributed by atoms with E-state index in [2.05, 4.69) is 10.3 Å². The van der Waals surface area contributed by atoms with Crippen molar-refractivity contribution in [1.82, 2.24) is 10.3 Å². The topological polar surface area (TPSA) is 113 Å². The van der Waals surface area contributed by atoms with E-state index in [9.17, 15) is 23.6 Å². The number of aliphatic carboxylic acids is 1. The van der Waals surface area contributed by atoms with Gasteiger partial charge in [-0.05, 0) is 50.1 Å². The minimum atomic E-state index is -1.66. The number of hydrogen-bond acceptors (Lipinski definition) is 5. The number of hydrogen-bond donors (Lipinski definition) is 2. The van der Waals surface area contributed by atoms with E-state index >= 15 is 0 Å². The number of amides is 1. The summed E-state index contributed by atoms with van der Waals surface area (Å²) in [6, 6.07) is 7.79. The van der Waals surface area contributed by atoms with E-state index < -0.39 is 47.3 Å². The molecule has 1 unspecified atom stereocenters. The quantitative estimate of drug-likeness (QED) is 0.602. The van der Waals surface area contributed by atoms with Crippen molar-refractivity contribution < 1.29 is 28.7 Å². The first kappa shape index (κ1) is 20.3. The van der Waals surface area contributed by atoms with Crippen LogP contribution in [0.4, 0.5) is 4.39 Å². The molecular formula is C21H19FN2O5. The van der Waals surface area contributed by atoms with Gasteiger partial charge in [0, 0.05) is 16.8 Å². The smallest absolute Gasteiger partial charge is 0.322 e. The number of nitrogens with one attached hydrogen (secondary N) is 1. The number of benzene rings is 1. The summed E-state index contributed by atoms with van der Waals surface area (Å²) in [5.41, 5.74) is 0.477. The van der Waals surface area contributed by atoms with Gasteiger partial charge in [-0.15, -0.1) is 0 Å². The molecule has 1 aliphatic rings. The van der Waals surface area contributed by atoms with E-state index in [4.69, 9.17) is 5.11 Å². The molecule has 0 saturated carbocycles. The molecule has 0 spiro atoms. The number of aryl methyl sites for hydroxylation is 1. The monoisotopic (exact) mass is 398 g/mol. The van der Waals surface area contributed by atoms with Crippen LogP contribution in [0.25, 0.3) is 11.1 Å². The fraction of sp³-hybridized carbons (Fsp3) is 0.286. The van der Waals surface area contributed by atoms with Crippen molar-refractivity contribution in [3.8, 4) is 11.1 Å². The van der Waals surface area contributed by atoms with Crippen LogP contribution in [0.3, 0.4) is 0 Å². The minimum absolute atomic E-state index is 0.127. The highest BCUT2D eigenvalue weighted by Crippen LogP contribution is 2.39. The number of halogens is 1. The fourth-order valence-corrected chi connectivity index (χ4v) is 3.47. The van der Waals surface area contributed by atoms with Crippen LogP contribution in [-0.2, 0) is 19.8 Å². The third-order valence-corrected chi connectivity index (χ3v) is 5.07. The van der Waals surface area contributed by atoms with Crippen LogP contribution in [0.5, 0.6) is 0 Å². The Morgan fingerprint density at radius 1 is 1.17 bits per heavy atom. The number of Topliss-reactive ketones (excluding diaryl/α,β-unsaturated/α-hetero) is 2. The second-order valence-corrected chi connectivity index (χ2v) is 7.45. The molecule has 0 bridgehead atoms. The van der Waals surface area contributed by atoms with Gasteiger partial charge < -0.3 is 10.4 Å². The highest BCUT2D eigenvalue weighted by atomic mass is 19.1. The molecule has 3 rings (SSSR count). The Morgan fingerprint density at radius 2 is 1.86 bits per heavy atom. The van der Waals surface area contributed by atoms with Crippen molar-refractivity contribution in [3.05, 3.63) is 53.1 Å². The molecular weight excluding hydrogens is 379 g/mol. The number of aromatic nitrogens is 1. The predicted molar refractivity (Wildman–Crippen MR) is 101 cm³/mol. The van der Waals surface area contributed by atoms with Gasteiger partial charge in [0.15, 0.2) is 17.5 Å². The number of rotatable bonds is 4. The van der Waals surface area contributed by atoms with Crippen molar-refractivity contribution in [2.45, 2.75) is 26.2 Å².